The molecule has 0 atom stereocenters. The van der Waals surface area contributed by atoms with Gasteiger partial charge in [-0.2, -0.15) is 5.10 Å². The molecule has 1 aromatic heterocycles. The number of benzene rings is 1. The number of carbonyl (C=O) groups is 1. The topological polar surface area (TPSA) is 55.1 Å². The van der Waals surface area contributed by atoms with Crippen molar-refractivity contribution in [1.29, 1.82) is 0 Å². The minimum Gasteiger partial charge on any atom is -0.476 e. The molecule has 1 aromatic carbocycles. The van der Waals surface area contributed by atoms with Crippen molar-refractivity contribution in [3.8, 4) is 5.69 Å². The molecule has 4 nitrogen and oxygen atoms in total. The van der Waals surface area contributed by atoms with Gasteiger partial charge in [-0.05, 0) is 37.6 Å². The molecular weight excluding hydrogens is 284 g/mol. The number of rotatable bonds is 2. The van der Waals surface area contributed by atoms with Crippen molar-refractivity contribution < 1.29 is 9.90 Å². The summed E-state index contributed by atoms with van der Waals surface area (Å²) in [5.74, 6) is -1.01. The van der Waals surface area contributed by atoms with Crippen LogP contribution in [0.3, 0.4) is 0 Å². The summed E-state index contributed by atoms with van der Waals surface area (Å²) in [5.41, 5.74) is 2.77. The summed E-state index contributed by atoms with van der Waals surface area (Å²) in [6.45, 7) is 3.79. The summed E-state index contributed by atoms with van der Waals surface area (Å²) in [4.78, 5) is 10.9. The number of carboxylic acid groups (broad SMARTS) is 1. The van der Waals surface area contributed by atoms with Gasteiger partial charge in [-0.15, -0.1) is 0 Å². The van der Waals surface area contributed by atoms with Crippen LogP contribution in [0.4, 0.5) is 0 Å². The average Bonchev–Trinajstić information content (AvgIpc) is 2.64. The summed E-state index contributed by atoms with van der Waals surface area (Å²) >= 11 is 3.40. The molecule has 0 fully saturated rings. The molecule has 0 saturated carbocycles. The summed E-state index contributed by atoms with van der Waals surface area (Å²) in [7, 11) is 0. The van der Waals surface area contributed by atoms with Gasteiger partial charge in [0.1, 0.15) is 0 Å². The lowest BCUT2D eigenvalue weighted by Crippen LogP contribution is -2.03. The molecule has 1 N–H and O–H groups in total. The van der Waals surface area contributed by atoms with Crippen LogP contribution in [0.15, 0.2) is 28.7 Å². The number of aromatic carboxylic acids is 1. The number of carboxylic acids is 1. The van der Waals surface area contributed by atoms with Crippen molar-refractivity contribution in [1.82, 2.24) is 9.78 Å². The predicted octanol–water partition coefficient (Wildman–Crippen LogP) is 2.95. The standard InChI is InChI=1S/C12H11BrN2O2/c1-7-3-4-9(13)6-11(7)15-8(2)5-10(14-15)12(16)17/h3-6H,1-2H3,(H,16,17). The van der Waals surface area contributed by atoms with E-state index in [9.17, 15) is 4.79 Å². The van der Waals surface area contributed by atoms with Crippen LogP contribution in [0.2, 0.25) is 0 Å². The molecule has 0 bridgehead atoms. The van der Waals surface area contributed by atoms with Gasteiger partial charge in [0, 0.05) is 10.2 Å². The van der Waals surface area contributed by atoms with Crippen LogP contribution in [0.1, 0.15) is 21.7 Å². The third-order valence-corrected chi connectivity index (χ3v) is 3.00. The zero-order valence-corrected chi connectivity index (χ0v) is 11.0. The zero-order valence-electron chi connectivity index (χ0n) is 9.44. The lowest BCUT2D eigenvalue weighted by atomic mass is 10.2. The maximum atomic E-state index is 10.9. The van der Waals surface area contributed by atoms with Gasteiger partial charge in [0.05, 0.1) is 5.69 Å². The highest BCUT2D eigenvalue weighted by Crippen LogP contribution is 2.21. The first-order valence-corrected chi connectivity index (χ1v) is 5.85. The van der Waals surface area contributed by atoms with Gasteiger partial charge in [0.2, 0.25) is 0 Å². The molecule has 0 aliphatic rings. The Bertz CT molecular complexity index is 590. The second-order valence-corrected chi connectivity index (χ2v) is 4.73. The SMILES string of the molecule is Cc1ccc(Br)cc1-n1nc(C(=O)O)cc1C. The van der Waals surface area contributed by atoms with Crippen molar-refractivity contribution in [2.24, 2.45) is 0 Å². The Morgan fingerprint density at radius 1 is 1.35 bits per heavy atom. The number of hydrogen-bond donors (Lipinski definition) is 1. The van der Waals surface area contributed by atoms with Crippen LogP contribution in [0, 0.1) is 13.8 Å². The first-order valence-electron chi connectivity index (χ1n) is 5.05. The zero-order chi connectivity index (χ0) is 12.6. The number of hydrogen-bond acceptors (Lipinski definition) is 2. The molecule has 0 unspecified atom stereocenters. The highest BCUT2D eigenvalue weighted by atomic mass is 79.9. The van der Waals surface area contributed by atoms with Crippen LogP contribution in [-0.4, -0.2) is 20.9 Å². The third-order valence-electron chi connectivity index (χ3n) is 2.51. The Hall–Kier alpha value is -1.62. The predicted molar refractivity (Wildman–Crippen MR) is 67.7 cm³/mol. The molecular formula is C12H11BrN2O2. The lowest BCUT2D eigenvalue weighted by Gasteiger charge is -2.08. The number of halogens is 1. The van der Waals surface area contributed by atoms with E-state index in [1.165, 1.54) is 0 Å². The van der Waals surface area contributed by atoms with E-state index in [1.54, 1.807) is 10.7 Å². The summed E-state index contributed by atoms with van der Waals surface area (Å²) in [6, 6.07) is 7.38. The van der Waals surface area contributed by atoms with Crippen molar-refractivity contribution in [2.75, 3.05) is 0 Å². The van der Waals surface area contributed by atoms with E-state index < -0.39 is 5.97 Å². The fraction of sp³-hybridized carbons (Fsp3) is 0.167. The van der Waals surface area contributed by atoms with Crippen molar-refractivity contribution in [3.63, 3.8) is 0 Å². The van der Waals surface area contributed by atoms with Crippen LogP contribution in [-0.2, 0) is 0 Å². The van der Waals surface area contributed by atoms with Crippen LogP contribution in [0.25, 0.3) is 5.69 Å². The molecule has 17 heavy (non-hydrogen) atoms. The van der Waals surface area contributed by atoms with Gasteiger partial charge >= 0.3 is 5.97 Å². The molecule has 2 rings (SSSR count). The first-order chi connectivity index (χ1) is 7.99. The summed E-state index contributed by atoms with van der Waals surface area (Å²) in [6.07, 6.45) is 0. The normalized spacial score (nSPS) is 10.5. The molecule has 0 radical (unpaired) electrons. The average molecular weight is 295 g/mol. The smallest absolute Gasteiger partial charge is 0.356 e. The van der Waals surface area contributed by atoms with Crippen molar-refractivity contribution in [3.05, 3.63) is 45.7 Å². The fourth-order valence-electron chi connectivity index (χ4n) is 1.63. The molecule has 88 valence electrons. The minimum absolute atomic E-state index is 0.0573. The van der Waals surface area contributed by atoms with E-state index in [0.717, 1.165) is 21.4 Å². The van der Waals surface area contributed by atoms with E-state index in [-0.39, 0.29) is 5.69 Å². The molecule has 0 amide bonds. The monoisotopic (exact) mass is 294 g/mol. The van der Waals surface area contributed by atoms with Gasteiger partial charge in [0.15, 0.2) is 5.69 Å². The quantitative estimate of drug-likeness (QED) is 0.926. The van der Waals surface area contributed by atoms with Gasteiger partial charge in [-0.25, -0.2) is 9.48 Å². The maximum absolute atomic E-state index is 10.9. The Kier molecular flexibility index (Phi) is 3.02. The van der Waals surface area contributed by atoms with Gasteiger partial charge in [0.25, 0.3) is 0 Å². The van der Waals surface area contributed by atoms with Gasteiger partial charge in [-0.1, -0.05) is 22.0 Å². The Labute approximate surface area is 107 Å². The van der Waals surface area contributed by atoms with E-state index >= 15 is 0 Å². The van der Waals surface area contributed by atoms with Crippen LogP contribution in [0.5, 0.6) is 0 Å². The second kappa shape index (κ2) is 4.33. The second-order valence-electron chi connectivity index (χ2n) is 3.82. The highest BCUT2D eigenvalue weighted by molar-refractivity contribution is 9.10. The minimum atomic E-state index is -1.01. The number of aromatic nitrogens is 2. The maximum Gasteiger partial charge on any atom is 0.356 e. The highest BCUT2D eigenvalue weighted by Gasteiger charge is 2.13. The third kappa shape index (κ3) is 2.24. The van der Waals surface area contributed by atoms with E-state index in [4.69, 9.17) is 5.11 Å². The summed E-state index contributed by atoms with van der Waals surface area (Å²) in [5, 5.41) is 13.0. The fourth-order valence-corrected chi connectivity index (χ4v) is 1.98. The Morgan fingerprint density at radius 3 is 2.65 bits per heavy atom. The lowest BCUT2D eigenvalue weighted by molar-refractivity contribution is 0.0690. The molecule has 0 aliphatic heterocycles. The Morgan fingerprint density at radius 2 is 2.06 bits per heavy atom. The molecule has 1 heterocycles. The first kappa shape index (κ1) is 11.9. The van der Waals surface area contributed by atoms with Gasteiger partial charge in [-0.3, -0.25) is 0 Å². The molecule has 0 spiro atoms. The molecule has 5 heteroatoms. The van der Waals surface area contributed by atoms with E-state index in [2.05, 4.69) is 21.0 Å². The molecule has 2 aromatic rings. The van der Waals surface area contributed by atoms with Crippen LogP contribution < -0.4 is 0 Å². The summed E-state index contributed by atoms with van der Waals surface area (Å²) < 4.78 is 2.58. The van der Waals surface area contributed by atoms with Gasteiger partial charge < -0.3 is 5.11 Å². The van der Waals surface area contributed by atoms with E-state index in [0.29, 0.717) is 0 Å². The van der Waals surface area contributed by atoms with Crippen LogP contribution >= 0.6 is 15.9 Å². The molecule has 0 saturated heterocycles. The molecule has 0 aliphatic carbocycles. The Balaban J connectivity index is 2.60. The van der Waals surface area contributed by atoms with Crippen molar-refractivity contribution >= 4 is 21.9 Å². The number of nitrogens with zero attached hydrogens (tertiary/aromatic N) is 2. The van der Waals surface area contributed by atoms with E-state index in [1.807, 2.05) is 32.0 Å². The number of aryl methyl sites for hydroxylation is 2. The largest absolute Gasteiger partial charge is 0.476 e. The van der Waals surface area contributed by atoms with Crippen molar-refractivity contribution in [2.45, 2.75) is 13.8 Å².